The number of hydrogen-bond acceptors (Lipinski definition) is 3. The van der Waals surface area contributed by atoms with Crippen LogP contribution in [0.3, 0.4) is 0 Å². The van der Waals surface area contributed by atoms with Gasteiger partial charge in [0.15, 0.2) is 0 Å². The predicted octanol–water partition coefficient (Wildman–Crippen LogP) is 1.09. The number of benzene rings is 1. The van der Waals surface area contributed by atoms with Gasteiger partial charge < -0.3 is 16.2 Å². The molecule has 19 heavy (non-hydrogen) atoms. The lowest BCUT2D eigenvalue weighted by atomic mass is 9.90. The first-order chi connectivity index (χ1) is 8.68. The Balaban J connectivity index is 2.76. The second-order valence-electron chi connectivity index (χ2n) is 5.44. The van der Waals surface area contributed by atoms with Crippen LogP contribution in [0, 0.1) is 5.41 Å². The van der Waals surface area contributed by atoms with E-state index in [0.29, 0.717) is 5.56 Å². The van der Waals surface area contributed by atoms with Gasteiger partial charge in [-0.1, -0.05) is 30.3 Å². The van der Waals surface area contributed by atoms with E-state index < -0.39 is 22.8 Å². The first-order valence-electron chi connectivity index (χ1n) is 6.04. The van der Waals surface area contributed by atoms with Gasteiger partial charge in [-0.25, -0.2) is 0 Å². The molecular formula is C14H20N2O3. The minimum atomic E-state index is -1.18. The second-order valence-corrected chi connectivity index (χ2v) is 5.44. The topological polar surface area (TPSA) is 92.4 Å². The Kier molecular flexibility index (Phi) is 4.32. The Morgan fingerprint density at radius 2 is 1.74 bits per heavy atom. The molecule has 0 saturated heterocycles. The van der Waals surface area contributed by atoms with Crippen LogP contribution in [0.15, 0.2) is 30.3 Å². The summed E-state index contributed by atoms with van der Waals surface area (Å²) in [6.45, 7) is 4.73. The number of carboxylic acids is 1. The van der Waals surface area contributed by atoms with Gasteiger partial charge >= 0.3 is 5.97 Å². The third-order valence-electron chi connectivity index (χ3n) is 3.11. The third-order valence-corrected chi connectivity index (χ3v) is 3.11. The Bertz CT molecular complexity index is 467. The molecular weight excluding hydrogens is 244 g/mol. The first-order valence-corrected chi connectivity index (χ1v) is 6.04. The van der Waals surface area contributed by atoms with Gasteiger partial charge in [-0.2, -0.15) is 0 Å². The molecule has 0 aromatic heterocycles. The molecule has 5 nitrogen and oxygen atoms in total. The van der Waals surface area contributed by atoms with E-state index in [0.717, 1.165) is 0 Å². The first kappa shape index (κ1) is 15.2. The van der Waals surface area contributed by atoms with Crippen LogP contribution in [0.4, 0.5) is 0 Å². The molecule has 0 unspecified atom stereocenters. The van der Waals surface area contributed by atoms with Crippen LogP contribution in [0.5, 0.6) is 0 Å². The average Bonchev–Trinajstić information content (AvgIpc) is 2.36. The zero-order valence-electron chi connectivity index (χ0n) is 11.4. The Labute approximate surface area is 112 Å². The monoisotopic (exact) mass is 264 g/mol. The summed E-state index contributed by atoms with van der Waals surface area (Å²) < 4.78 is 0. The summed E-state index contributed by atoms with van der Waals surface area (Å²) in [6.07, 6.45) is 0. The van der Waals surface area contributed by atoms with Crippen LogP contribution in [0.25, 0.3) is 0 Å². The molecule has 0 saturated carbocycles. The molecule has 1 aromatic rings. The minimum Gasteiger partial charge on any atom is -0.481 e. The summed E-state index contributed by atoms with van der Waals surface area (Å²) in [6, 6.07) is 8.97. The van der Waals surface area contributed by atoms with E-state index in [4.69, 9.17) is 10.8 Å². The van der Waals surface area contributed by atoms with E-state index >= 15 is 0 Å². The van der Waals surface area contributed by atoms with Crippen molar-refractivity contribution in [2.45, 2.75) is 26.3 Å². The van der Waals surface area contributed by atoms with E-state index in [1.165, 1.54) is 0 Å². The number of hydrogen-bond donors (Lipinski definition) is 3. The van der Waals surface area contributed by atoms with Gasteiger partial charge in [-0.05, 0) is 26.3 Å². The number of carbonyl (C=O) groups excluding carboxylic acids is 1. The van der Waals surface area contributed by atoms with Crippen LogP contribution in [0.1, 0.15) is 26.3 Å². The number of amides is 1. The number of carbonyl (C=O) groups is 2. The zero-order chi connectivity index (χ0) is 14.7. The number of nitrogens with one attached hydrogen (secondary N) is 1. The van der Waals surface area contributed by atoms with Gasteiger partial charge in [-0.15, -0.1) is 0 Å². The van der Waals surface area contributed by atoms with E-state index in [9.17, 15) is 9.59 Å². The van der Waals surface area contributed by atoms with Crippen molar-refractivity contribution in [2.75, 3.05) is 6.54 Å². The number of carboxylic acid groups (broad SMARTS) is 1. The van der Waals surface area contributed by atoms with Crippen molar-refractivity contribution in [2.24, 2.45) is 11.1 Å². The Hall–Kier alpha value is -1.88. The maximum atomic E-state index is 12.1. The van der Waals surface area contributed by atoms with Crippen molar-refractivity contribution in [3.63, 3.8) is 0 Å². The molecule has 104 valence electrons. The minimum absolute atomic E-state index is 0.0286. The van der Waals surface area contributed by atoms with E-state index in [1.807, 2.05) is 6.07 Å². The van der Waals surface area contributed by atoms with Crippen LogP contribution in [-0.2, 0) is 15.1 Å². The van der Waals surface area contributed by atoms with Crippen LogP contribution in [-0.4, -0.2) is 23.5 Å². The van der Waals surface area contributed by atoms with E-state index in [-0.39, 0.29) is 6.54 Å². The average molecular weight is 264 g/mol. The number of aliphatic carboxylic acids is 1. The fourth-order valence-corrected chi connectivity index (χ4v) is 1.48. The second kappa shape index (κ2) is 5.40. The molecule has 1 aromatic carbocycles. The molecule has 1 rings (SSSR count). The highest BCUT2D eigenvalue weighted by Gasteiger charge is 2.33. The lowest BCUT2D eigenvalue weighted by molar-refractivity contribution is -0.147. The van der Waals surface area contributed by atoms with Gasteiger partial charge in [-0.3, -0.25) is 9.59 Å². The molecule has 1 amide bonds. The normalized spacial score (nSPS) is 14.5. The molecule has 0 aliphatic carbocycles. The van der Waals surface area contributed by atoms with Crippen molar-refractivity contribution >= 4 is 11.9 Å². The SMILES string of the molecule is CC(C)(CNC(=O)[C@](C)(N)c1ccccc1)C(=O)O. The van der Waals surface area contributed by atoms with Crippen LogP contribution < -0.4 is 11.1 Å². The number of nitrogens with two attached hydrogens (primary N) is 1. The van der Waals surface area contributed by atoms with Crippen molar-refractivity contribution in [3.8, 4) is 0 Å². The van der Waals surface area contributed by atoms with E-state index in [2.05, 4.69) is 5.32 Å². The smallest absolute Gasteiger partial charge is 0.310 e. The predicted molar refractivity (Wildman–Crippen MR) is 72.4 cm³/mol. The highest BCUT2D eigenvalue weighted by Crippen LogP contribution is 2.19. The standard InChI is InChI=1S/C14H20N2O3/c1-13(2,12(18)19)9-16-11(17)14(3,15)10-7-5-4-6-8-10/h4-8H,9,15H2,1-3H3,(H,16,17)(H,18,19)/t14-/m1/s1. The maximum absolute atomic E-state index is 12.1. The summed E-state index contributed by atoms with van der Waals surface area (Å²) in [5.74, 6) is -1.36. The number of rotatable bonds is 5. The lowest BCUT2D eigenvalue weighted by Gasteiger charge is -2.27. The summed E-state index contributed by atoms with van der Waals surface area (Å²) in [4.78, 5) is 23.1. The molecule has 0 bridgehead atoms. The van der Waals surface area contributed by atoms with Crippen molar-refractivity contribution < 1.29 is 14.7 Å². The Morgan fingerprint density at radius 3 is 2.21 bits per heavy atom. The van der Waals surface area contributed by atoms with Crippen molar-refractivity contribution in [3.05, 3.63) is 35.9 Å². The molecule has 4 N–H and O–H groups in total. The highest BCUT2D eigenvalue weighted by molar-refractivity contribution is 5.87. The summed E-state index contributed by atoms with van der Waals surface area (Å²) >= 11 is 0. The maximum Gasteiger partial charge on any atom is 0.310 e. The summed E-state index contributed by atoms with van der Waals surface area (Å²) in [5, 5.41) is 11.6. The third kappa shape index (κ3) is 3.54. The van der Waals surface area contributed by atoms with Gasteiger partial charge in [0.05, 0.1) is 5.41 Å². The molecule has 0 fully saturated rings. The van der Waals surface area contributed by atoms with E-state index in [1.54, 1.807) is 45.0 Å². The van der Waals surface area contributed by atoms with Gasteiger partial charge in [0, 0.05) is 6.54 Å². The van der Waals surface area contributed by atoms with Crippen molar-refractivity contribution in [1.29, 1.82) is 0 Å². The molecule has 0 heterocycles. The summed E-state index contributed by atoms with van der Waals surface area (Å²) in [5.41, 5.74) is 4.50. The molecule has 0 radical (unpaired) electrons. The molecule has 1 atom stereocenters. The zero-order valence-corrected chi connectivity index (χ0v) is 11.4. The molecule has 5 heteroatoms. The highest BCUT2D eigenvalue weighted by atomic mass is 16.4. The lowest BCUT2D eigenvalue weighted by Crippen LogP contribution is -2.51. The molecule has 0 spiro atoms. The van der Waals surface area contributed by atoms with Gasteiger partial charge in [0.2, 0.25) is 5.91 Å². The molecule has 0 aliphatic rings. The van der Waals surface area contributed by atoms with Crippen molar-refractivity contribution in [1.82, 2.24) is 5.32 Å². The fraction of sp³-hybridized carbons (Fsp3) is 0.429. The van der Waals surface area contributed by atoms with Gasteiger partial charge in [0.1, 0.15) is 5.54 Å². The Morgan fingerprint density at radius 1 is 1.21 bits per heavy atom. The van der Waals surface area contributed by atoms with Gasteiger partial charge in [0.25, 0.3) is 0 Å². The largest absolute Gasteiger partial charge is 0.481 e. The van der Waals surface area contributed by atoms with Crippen LogP contribution >= 0.6 is 0 Å². The van der Waals surface area contributed by atoms with Crippen LogP contribution in [0.2, 0.25) is 0 Å². The fourth-order valence-electron chi connectivity index (χ4n) is 1.48. The quantitative estimate of drug-likeness (QED) is 0.742. The molecule has 0 aliphatic heterocycles. The summed E-state index contributed by atoms with van der Waals surface area (Å²) in [7, 11) is 0.